The third-order valence-corrected chi connectivity index (χ3v) is 5.25. The van der Waals surface area contributed by atoms with Crippen molar-refractivity contribution in [3.63, 3.8) is 0 Å². The van der Waals surface area contributed by atoms with Gasteiger partial charge in [0.2, 0.25) is 5.91 Å². The monoisotopic (exact) mass is 381 g/mol. The summed E-state index contributed by atoms with van der Waals surface area (Å²) < 4.78 is 1.88. The number of pyridine rings is 1. The fraction of sp³-hybridized carbons (Fsp3) is 0.300. The number of amides is 1. The first-order valence-corrected chi connectivity index (χ1v) is 9.81. The fourth-order valence-corrected chi connectivity index (χ4v) is 3.55. The summed E-state index contributed by atoms with van der Waals surface area (Å²) in [6.45, 7) is 4.21. The number of nitrogens with zero attached hydrogens (tertiary/aromatic N) is 4. The minimum Gasteiger partial charge on any atom is -0.348 e. The first kappa shape index (κ1) is 19.1. The predicted octanol–water partition coefficient (Wildman–Crippen LogP) is 3.48. The highest BCUT2D eigenvalue weighted by atomic mass is 32.2. The van der Waals surface area contributed by atoms with Gasteiger partial charge in [0.05, 0.1) is 11.8 Å². The Morgan fingerprint density at radius 1 is 1.15 bits per heavy atom. The van der Waals surface area contributed by atoms with Crippen molar-refractivity contribution in [2.75, 3.05) is 5.75 Å². The van der Waals surface area contributed by atoms with Crippen LogP contribution in [0, 0.1) is 5.92 Å². The van der Waals surface area contributed by atoms with E-state index in [1.54, 1.807) is 12.4 Å². The van der Waals surface area contributed by atoms with Crippen LogP contribution in [0.15, 0.2) is 60.0 Å². The van der Waals surface area contributed by atoms with Crippen molar-refractivity contribution in [3.05, 3.63) is 60.4 Å². The van der Waals surface area contributed by atoms with Crippen molar-refractivity contribution in [1.82, 2.24) is 25.1 Å². The summed E-state index contributed by atoms with van der Waals surface area (Å²) in [7, 11) is 1.89. The lowest BCUT2D eigenvalue weighted by Gasteiger charge is -2.22. The standard InChI is InChI=1S/C20H23N5OS/c1-14(2)18(15-8-5-4-6-9-15)22-17(26)13-27-20-24-23-19(25(20)3)16-10-7-11-21-12-16/h4-12,14,18H,13H2,1-3H3,(H,22,26). The summed E-state index contributed by atoms with van der Waals surface area (Å²) in [5.74, 6) is 1.30. The van der Waals surface area contributed by atoms with Crippen LogP contribution in [0.25, 0.3) is 11.4 Å². The molecule has 1 unspecified atom stereocenters. The second-order valence-corrected chi connectivity index (χ2v) is 7.54. The number of rotatable bonds is 7. The van der Waals surface area contributed by atoms with Crippen LogP contribution in [0.5, 0.6) is 0 Å². The molecule has 2 heterocycles. The Morgan fingerprint density at radius 3 is 2.59 bits per heavy atom. The van der Waals surface area contributed by atoms with Crippen LogP contribution in [-0.2, 0) is 11.8 Å². The summed E-state index contributed by atoms with van der Waals surface area (Å²) in [4.78, 5) is 16.6. The Labute approximate surface area is 163 Å². The summed E-state index contributed by atoms with van der Waals surface area (Å²) in [6, 6.07) is 13.8. The van der Waals surface area contributed by atoms with Crippen molar-refractivity contribution < 1.29 is 4.79 Å². The zero-order chi connectivity index (χ0) is 19.2. The number of hydrogen-bond donors (Lipinski definition) is 1. The van der Waals surface area contributed by atoms with Crippen LogP contribution in [0.1, 0.15) is 25.5 Å². The van der Waals surface area contributed by atoms with Gasteiger partial charge in [-0.2, -0.15) is 0 Å². The lowest BCUT2D eigenvalue weighted by molar-refractivity contribution is -0.119. The van der Waals surface area contributed by atoms with Gasteiger partial charge in [-0.05, 0) is 23.6 Å². The van der Waals surface area contributed by atoms with E-state index < -0.39 is 0 Å². The number of hydrogen-bond acceptors (Lipinski definition) is 5. The molecule has 1 amide bonds. The molecule has 0 aliphatic heterocycles. The Hall–Kier alpha value is -2.67. The van der Waals surface area contributed by atoms with Gasteiger partial charge >= 0.3 is 0 Å². The Bertz CT molecular complexity index is 880. The van der Waals surface area contributed by atoms with Gasteiger partial charge in [0.1, 0.15) is 0 Å². The average molecular weight is 382 g/mol. The molecule has 3 aromatic rings. The molecule has 0 fully saturated rings. The summed E-state index contributed by atoms with van der Waals surface area (Å²) in [5.41, 5.74) is 2.01. The lowest BCUT2D eigenvalue weighted by atomic mass is 9.96. The molecule has 3 rings (SSSR count). The van der Waals surface area contributed by atoms with Gasteiger partial charge < -0.3 is 9.88 Å². The zero-order valence-corrected chi connectivity index (χ0v) is 16.5. The van der Waals surface area contributed by atoms with Crippen LogP contribution in [-0.4, -0.2) is 31.4 Å². The maximum Gasteiger partial charge on any atom is 0.230 e. The molecule has 0 aliphatic rings. The molecular weight excluding hydrogens is 358 g/mol. The highest BCUT2D eigenvalue weighted by Crippen LogP contribution is 2.24. The van der Waals surface area contributed by atoms with Gasteiger partial charge in [0, 0.05) is 25.0 Å². The molecule has 0 saturated heterocycles. The van der Waals surface area contributed by atoms with Crippen molar-refractivity contribution >= 4 is 17.7 Å². The van der Waals surface area contributed by atoms with E-state index in [2.05, 4.69) is 34.3 Å². The van der Waals surface area contributed by atoms with Gasteiger partial charge in [0.15, 0.2) is 11.0 Å². The molecule has 0 radical (unpaired) electrons. The molecule has 2 aromatic heterocycles. The van der Waals surface area contributed by atoms with Gasteiger partial charge in [-0.3, -0.25) is 9.78 Å². The normalized spacial score (nSPS) is 12.1. The largest absolute Gasteiger partial charge is 0.348 e. The molecule has 1 atom stereocenters. The summed E-state index contributed by atoms with van der Waals surface area (Å²) >= 11 is 1.38. The van der Waals surface area contributed by atoms with Crippen molar-refractivity contribution in [2.24, 2.45) is 13.0 Å². The number of thioether (sulfide) groups is 1. The van der Waals surface area contributed by atoms with E-state index in [4.69, 9.17) is 0 Å². The highest BCUT2D eigenvalue weighted by molar-refractivity contribution is 7.99. The topological polar surface area (TPSA) is 72.7 Å². The van der Waals surface area contributed by atoms with Crippen LogP contribution in [0.2, 0.25) is 0 Å². The van der Waals surface area contributed by atoms with Gasteiger partial charge in [-0.1, -0.05) is 55.9 Å². The van der Waals surface area contributed by atoms with Gasteiger partial charge in [-0.25, -0.2) is 0 Å². The van der Waals surface area contributed by atoms with E-state index in [0.29, 0.717) is 11.1 Å². The Balaban J connectivity index is 1.63. The molecular formula is C20H23N5OS. The number of benzene rings is 1. The van der Waals surface area contributed by atoms with E-state index in [9.17, 15) is 4.79 Å². The maximum absolute atomic E-state index is 12.5. The molecule has 27 heavy (non-hydrogen) atoms. The molecule has 6 nitrogen and oxygen atoms in total. The molecule has 0 aliphatic carbocycles. The lowest BCUT2D eigenvalue weighted by Crippen LogP contribution is -2.33. The van der Waals surface area contributed by atoms with Crippen molar-refractivity contribution in [3.8, 4) is 11.4 Å². The predicted molar refractivity (Wildman–Crippen MR) is 107 cm³/mol. The number of carbonyl (C=O) groups is 1. The molecule has 0 bridgehead atoms. The first-order chi connectivity index (χ1) is 13.1. The van der Waals surface area contributed by atoms with Crippen molar-refractivity contribution in [1.29, 1.82) is 0 Å². The molecule has 1 N–H and O–H groups in total. The zero-order valence-electron chi connectivity index (χ0n) is 15.7. The molecule has 1 aromatic carbocycles. The van der Waals surface area contributed by atoms with Crippen LogP contribution in [0.3, 0.4) is 0 Å². The SMILES string of the molecule is CC(C)C(NC(=O)CSc1nnc(-c2cccnc2)n1C)c1ccccc1. The molecule has 0 saturated carbocycles. The molecule has 140 valence electrons. The summed E-state index contributed by atoms with van der Waals surface area (Å²) in [6.07, 6.45) is 3.47. The van der Waals surface area contributed by atoms with Gasteiger partial charge in [-0.15, -0.1) is 10.2 Å². The second kappa shape index (κ2) is 8.81. The molecule has 7 heteroatoms. The second-order valence-electron chi connectivity index (χ2n) is 6.60. The fourth-order valence-electron chi connectivity index (χ4n) is 2.83. The number of aromatic nitrogens is 4. The first-order valence-electron chi connectivity index (χ1n) is 8.83. The Kier molecular flexibility index (Phi) is 6.24. The van der Waals surface area contributed by atoms with Crippen LogP contribution < -0.4 is 5.32 Å². The molecule has 0 spiro atoms. The number of carbonyl (C=O) groups excluding carboxylic acids is 1. The number of nitrogens with one attached hydrogen (secondary N) is 1. The van der Waals surface area contributed by atoms with E-state index in [1.165, 1.54) is 11.8 Å². The van der Waals surface area contributed by atoms with Crippen LogP contribution in [0.4, 0.5) is 0 Å². The minimum absolute atomic E-state index is 0.00949. The third-order valence-electron chi connectivity index (χ3n) is 4.23. The maximum atomic E-state index is 12.5. The van der Waals surface area contributed by atoms with Crippen molar-refractivity contribution in [2.45, 2.75) is 25.0 Å². The van der Waals surface area contributed by atoms with E-state index in [0.717, 1.165) is 17.0 Å². The van der Waals surface area contributed by atoms with Crippen LogP contribution >= 0.6 is 11.8 Å². The Morgan fingerprint density at radius 2 is 1.93 bits per heavy atom. The van der Waals surface area contributed by atoms with E-state index in [1.807, 2.05) is 54.1 Å². The highest BCUT2D eigenvalue weighted by Gasteiger charge is 2.19. The average Bonchev–Trinajstić information content (AvgIpc) is 3.06. The summed E-state index contributed by atoms with van der Waals surface area (Å²) in [5, 5.41) is 12.3. The third kappa shape index (κ3) is 4.74. The smallest absolute Gasteiger partial charge is 0.230 e. The van der Waals surface area contributed by atoms with E-state index in [-0.39, 0.29) is 17.7 Å². The van der Waals surface area contributed by atoms with Gasteiger partial charge in [0.25, 0.3) is 0 Å². The quantitative estimate of drug-likeness (QED) is 0.634. The minimum atomic E-state index is -0.0199. The van der Waals surface area contributed by atoms with E-state index >= 15 is 0 Å².